The lowest BCUT2D eigenvalue weighted by Crippen LogP contribution is -2.43. The van der Waals surface area contributed by atoms with Crippen molar-refractivity contribution in [2.75, 3.05) is 13.2 Å². The molecule has 4 rings (SSSR count). The van der Waals surface area contributed by atoms with Crippen LogP contribution in [0.25, 0.3) is 11.0 Å². The van der Waals surface area contributed by atoms with Gasteiger partial charge < -0.3 is 23.5 Å². The van der Waals surface area contributed by atoms with Gasteiger partial charge in [0.15, 0.2) is 11.0 Å². The smallest absolute Gasteiger partial charge is 0.355 e. The molecule has 0 amide bonds. The van der Waals surface area contributed by atoms with Crippen molar-refractivity contribution >= 4 is 50.6 Å². The number of benzene rings is 1. The van der Waals surface area contributed by atoms with Crippen LogP contribution in [0.4, 0.5) is 0 Å². The van der Waals surface area contributed by atoms with E-state index in [-0.39, 0.29) is 35.5 Å². The Bertz CT molecular complexity index is 1270. The van der Waals surface area contributed by atoms with E-state index in [1.54, 1.807) is 36.9 Å². The maximum atomic E-state index is 13.4. The second-order valence-corrected chi connectivity index (χ2v) is 9.48. The van der Waals surface area contributed by atoms with E-state index < -0.39 is 23.6 Å². The first-order chi connectivity index (χ1) is 15.8. The molecule has 2 unspecified atom stereocenters. The summed E-state index contributed by atoms with van der Waals surface area (Å²) in [5.41, 5.74) is 0.113. The molecule has 1 aromatic carbocycles. The summed E-state index contributed by atoms with van der Waals surface area (Å²) in [6.07, 6.45) is 0.0868. The number of hydrogen-bond donors (Lipinski definition) is 0. The van der Waals surface area contributed by atoms with Gasteiger partial charge in [0.25, 0.3) is 0 Å². The highest BCUT2D eigenvalue weighted by molar-refractivity contribution is 9.10. The summed E-state index contributed by atoms with van der Waals surface area (Å²) < 4.78 is 23.2. The van der Waals surface area contributed by atoms with E-state index in [1.165, 1.54) is 18.0 Å². The molecule has 2 aliphatic heterocycles. The van der Waals surface area contributed by atoms with Crippen molar-refractivity contribution in [1.29, 1.82) is 0 Å². The fraction of sp³-hybridized carbons (Fsp3) is 0.348. The van der Waals surface area contributed by atoms with Crippen molar-refractivity contribution in [1.82, 2.24) is 4.90 Å². The number of nitrogens with zero attached hydrogens (tertiary/aromatic N) is 1. The third-order valence-corrected chi connectivity index (χ3v) is 7.04. The maximum Gasteiger partial charge on any atom is 0.355 e. The van der Waals surface area contributed by atoms with E-state index in [9.17, 15) is 14.4 Å². The van der Waals surface area contributed by atoms with E-state index in [0.717, 1.165) is 10.6 Å². The lowest BCUT2D eigenvalue weighted by molar-refractivity contribution is -0.149. The second-order valence-electron chi connectivity index (χ2n) is 7.32. The first-order valence-corrected chi connectivity index (χ1v) is 12.0. The van der Waals surface area contributed by atoms with Crippen LogP contribution in [-0.4, -0.2) is 35.6 Å². The minimum Gasteiger partial charge on any atom is -0.464 e. The van der Waals surface area contributed by atoms with E-state index in [4.69, 9.17) is 18.6 Å². The number of thioether (sulfide) groups is 1. The predicted octanol–water partition coefficient (Wildman–Crippen LogP) is 4.59. The van der Waals surface area contributed by atoms with Crippen LogP contribution in [0.2, 0.25) is 0 Å². The zero-order valence-corrected chi connectivity index (χ0v) is 20.9. The number of esters is 2. The minimum absolute atomic E-state index is 0.00661. The molecule has 1 aromatic heterocycles. The molecule has 0 saturated heterocycles. The summed E-state index contributed by atoms with van der Waals surface area (Å²) in [5.74, 6) is -1.46. The molecule has 2 aromatic rings. The van der Waals surface area contributed by atoms with Crippen LogP contribution < -0.4 is 5.43 Å². The molecular weight excluding hydrogens is 514 g/mol. The van der Waals surface area contributed by atoms with Crippen molar-refractivity contribution in [3.05, 3.63) is 66.6 Å². The van der Waals surface area contributed by atoms with E-state index in [1.807, 2.05) is 13.8 Å². The van der Waals surface area contributed by atoms with Crippen LogP contribution in [0.3, 0.4) is 0 Å². The Morgan fingerprint density at radius 1 is 1.15 bits per heavy atom. The Kier molecular flexibility index (Phi) is 6.69. The maximum absolute atomic E-state index is 13.4. The first-order valence-electron chi connectivity index (χ1n) is 10.4. The van der Waals surface area contributed by atoms with Gasteiger partial charge >= 0.3 is 11.9 Å². The molecule has 3 heterocycles. The molecule has 8 nitrogen and oxygen atoms in total. The summed E-state index contributed by atoms with van der Waals surface area (Å²) in [4.78, 5) is 42.2. The van der Waals surface area contributed by atoms with Gasteiger partial charge in [-0.2, -0.15) is 0 Å². The van der Waals surface area contributed by atoms with Crippen molar-refractivity contribution in [2.45, 2.75) is 39.4 Å². The van der Waals surface area contributed by atoms with Crippen LogP contribution in [0, 0.1) is 0 Å². The largest absolute Gasteiger partial charge is 0.464 e. The number of halogens is 1. The summed E-state index contributed by atoms with van der Waals surface area (Å²) >= 11 is 4.75. The second kappa shape index (κ2) is 9.36. The van der Waals surface area contributed by atoms with Crippen LogP contribution in [0.1, 0.15) is 39.4 Å². The molecule has 174 valence electrons. The molecule has 0 N–H and O–H groups in total. The number of rotatable bonds is 5. The van der Waals surface area contributed by atoms with Gasteiger partial charge in [0.1, 0.15) is 29.2 Å². The Labute approximate surface area is 202 Å². The van der Waals surface area contributed by atoms with Gasteiger partial charge in [0.2, 0.25) is 0 Å². The standard InChI is InChI=1S/C23H22BrNO7S/c1-5-29-21(27)17-18(22(28)30-6-2)25-11(3)12(4)33-23(25)32-20(17)15-10-31-16-8-7-13(24)9-14(16)19(15)26/h7-10,20,23H,5-6H2,1-4H3. The zero-order valence-electron chi connectivity index (χ0n) is 18.5. The number of fused-ring (bicyclic) bond motifs is 2. The highest BCUT2D eigenvalue weighted by atomic mass is 79.9. The SMILES string of the molecule is CCOC(=O)C1=C(C(=O)OCC)N2C(C)=C(C)SC2OC1c1coc2ccc(Br)cc2c1=O. The normalized spacial score (nSPS) is 20.3. The van der Waals surface area contributed by atoms with Crippen molar-refractivity contribution in [3.8, 4) is 0 Å². The third-order valence-electron chi connectivity index (χ3n) is 5.38. The van der Waals surface area contributed by atoms with Crippen molar-refractivity contribution in [2.24, 2.45) is 0 Å². The summed E-state index contributed by atoms with van der Waals surface area (Å²) in [7, 11) is 0. The molecule has 0 aliphatic carbocycles. The molecule has 10 heteroatoms. The molecule has 0 fully saturated rings. The minimum atomic E-state index is -1.18. The molecule has 2 atom stereocenters. The molecule has 0 saturated carbocycles. The predicted molar refractivity (Wildman–Crippen MR) is 126 cm³/mol. The lowest BCUT2D eigenvalue weighted by atomic mass is 9.97. The van der Waals surface area contributed by atoms with Crippen molar-refractivity contribution < 1.29 is 28.2 Å². The van der Waals surface area contributed by atoms with Gasteiger partial charge in [-0.05, 0) is 45.9 Å². The van der Waals surface area contributed by atoms with E-state index >= 15 is 0 Å². The van der Waals surface area contributed by atoms with Gasteiger partial charge in [0.05, 0.1) is 24.2 Å². The average Bonchev–Trinajstić information content (AvgIpc) is 3.06. The monoisotopic (exact) mass is 535 g/mol. The highest BCUT2D eigenvalue weighted by Crippen LogP contribution is 2.49. The molecular formula is C23H22BrNO7S. The Morgan fingerprint density at radius 3 is 2.55 bits per heavy atom. The van der Waals surface area contributed by atoms with Crippen LogP contribution >= 0.6 is 27.7 Å². The van der Waals surface area contributed by atoms with E-state index in [0.29, 0.717) is 15.4 Å². The number of ether oxygens (including phenoxy) is 3. The van der Waals surface area contributed by atoms with Crippen LogP contribution in [0.5, 0.6) is 0 Å². The lowest BCUT2D eigenvalue weighted by Gasteiger charge is -2.38. The van der Waals surface area contributed by atoms with Crippen LogP contribution in [0.15, 0.2) is 60.0 Å². The zero-order chi connectivity index (χ0) is 23.9. The number of allylic oxidation sites excluding steroid dienone is 2. The fourth-order valence-electron chi connectivity index (χ4n) is 3.77. The molecule has 33 heavy (non-hydrogen) atoms. The first kappa shape index (κ1) is 23.6. The fourth-order valence-corrected chi connectivity index (χ4v) is 5.23. The summed E-state index contributed by atoms with van der Waals surface area (Å²) in [6.45, 7) is 7.26. The number of hydrogen-bond acceptors (Lipinski definition) is 9. The Hall–Kier alpha value is -2.56. The molecule has 0 bridgehead atoms. The van der Waals surface area contributed by atoms with Gasteiger partial charge in [-0.15, -0.1) is 0 Å². The number of carbonyl (C=O) groups is 2. The summed E-state index contributed by atoms with van der Waals surface area (Å²) in [5, 5.41) is 0.318. The average molecular weight is 536 g/mol. The highest BCUT2D eigenvalue weighted by Gasteiger charge is 2.48. The quantitative estimate of drug-likeness (QED) is 0.509. The molecule has 2 aliphatic rings. The van der Waals surface area contributed by atoms with E-state index in [2.05, 4.69) is 15.9 Å². The van der Waals surface area contributed by atoms with Gasteiger partial charge in [-0.3, -0.25) is 4.79 Å². The van der Waals surface area contributed by atoms with Gasteiger partial charge in [-0.1, -0.05) is 27.7 Å². The van der Waals surface area contributed by atoms with Crippen molar-refractivity contribution in [3.63, 3.8) is 0 Å². The Balaban J connectivity index is 1.98. The van der Waals surface area contributed by atoms with Gasteiger partial charge in [0, 0.05) is 15.1 Å². The van der Waals surface area contributed by atoms with Gasteiger partial charge in [-0.25, -0.2) is 9.59 Å². The third kappa shape index (κ3) is 4.11. The van der Waals surface area contributed by atoms with Crippen LogP contribution in [-0.2, 0) is 23.8 Å². The molecule has 0 radical (unpaired) electrons. The Morgan fingerprint density at radius 2 is 1.85 bits per heavy atom. The molecule has 0 spiro atoms. The topological polar surface area (TPSA) is 95.3 Å². The number of carbonyl (C=O) groups excluding carboxylic acids is 2. The summed E-state index contributed by atoms with van der Waals surface area (Å²) in [6, 6.07) is 5.07.